The number of hydrogen-bond donors (Lipinski definition) is 13. The zero-order chi connectivity index (χ0) is 72.6. The maximum absolute atomic E-state index is 13.4. The van der Waals surface area contributed by atoms with Crippen LogP contribution in [0.3, 0.4) is 0 Å². The van der Waals surface area contributed by atoms with Gasteiger partial charge in [-0.05, 0) is 70.6 Å². The summed E-state index contributed by atoms with van der Waals surface area (Å²) in [6.45, 7) is 6.92. The number of carboxylic acids is 1. The van der Waals surface area contributed by atoms with Crippen LogP contribution in [-0.4, -0.2) is 293 Å². The molecule has 0 aromatic heterocycles. The second kappa shape index (κ2) is 43.5. The molecule has 0 spiro atoms. The lowest BCUT2D eigenvalue weighted by atomic mass is 9.86. The third kappa shape index (κ3) is 27.1. The summed E-state index contributed by atoms with van der Waals surface area (Å²) in [5.74, 6) is -4.07. The zero-order valence-corrected chi connectivity index (χ0v) is 58.5. The monoisotopic (exact) mass is 1430 g/mol. The quantitative estimate of drug-likeness (QED) is 0.0306. The Morgan fingerprint density at radius 2 is 0.680 bits per heavy atom. The molecule has 6 amide bonds. The van der Waals surface area contributed by atoms with E-state index in [2.05, 4.69) is 31.9 Å². The Labute approximate surface area is 584 Å². The average molecular weight is 1440 g/mol. The molecule has 33 nitrogen and oxygen atoms in total. The molecule has 6 aliphatic rings. The molecule has 0 radical (unpaired) electrons. The van der Waals surface area contributed by atoms with Crippen LogP contribution in [0.15, 0.2) is 0 Å². The predicted octanol–water partition coefficient (Wildman–Crippen LogP) is -1.57. The molecular weight excluding hydrogens is 1320 g/mol. The van der Waals surface area contributed by atoms with E-state index < -0.39 is 89.7 Å². The predicted molar refractivity (Wildman–Crippen MR) is 350 cm³/mol. The van der Waals surface area contributed by atoms with Crippen molar-refractivity contribution in [2.45, 2.75) is 227 Å². The number of fused-ring (bicyclic) bond motifs is 6. The number of ether oxygens (including phenoxy) is 12. The van der Waals surface area contributed by atoms with Gasteiger partial charge in [0.25, 0.3) is 0 Å². The first-order chi connectivity index (χ1) is 47.9. The van der Waals surface area contributed by atoms with Gasteiger partial charge in [-0.15, -0.1) is 0 Å². The maximum Gasteiger partial charge on any atom is 0.303 e. The van der Waals surface area contributed by atoms with Crippen molar-refractivity contribution < 1.29 is 131 Å². The minimum Gasteiger partial charge on any atom is -0.481 e. The van der Waals surface area contributed by atoms with Gasteiger partial charge < -0.3 is 124 Å². The van der Waals surface area contributed by atoms with Gasteiger partial charge >= 0.3 is 5.97 Å². The van der Waals surface area contributed by atoms with Gasteiger partial charge in [0.2, 0.25) is 35.4 Å². The second-order valence-corrected chi connectivity index (χ2v) is 27.4. The number of rotatable bonds is 54. The van der Waals surface area contributed by atoms with E-state index in [1.165, 1.54) is 0 Å². The van der Waals surface area contributed by atoms with Crippen molar-refractivity contribution in [3.63, 3.8) is 0 Å². The lowest BCUT2D eigenvalue weighted by molar-refractivity contribution is -0.248. The van der Waals surface area contributed by atoms with Crippen molar-refractivity contribution >= 4 is 47.2 Å². The highest BCUT2D eigenvalue weighted by Crippen LogP contribution is 2.42. The number of Topliss-reactive ketones (excluding diaryl/α,β-unsaturated/α-hetero) is 1. The molecule has 13 N–H and O–H groups in total. The number of carbonyl (C=O) groups is 8. The van der Waals surface area contributed by atoms with Crippen LogP contribution < -0.4 is 31.9 Å². The number of nitrogens with one attached hydrogen (secondary N) is 6. The van der Waals surface area contributed by atoms with E-state index in [-0.39, 0.29) is 197 Å². The van der Waals surface area contributed by atoms with Gasteiger partial charge in [-0.3, -0.25) is 38.4 Å². The Hall–Kier alpha value is -4.76. The molecule has 574 valence electrons. The van der Waals surface area contributed by atoms with Crippen LogP contribution in [0.25, 0.3) is 0 Å². The van der Waals surface area contributed by atoms with Crippen LogP contribution in [0.2, 0.25) is 0 Å². The molecule has 33 heteroatoms. The number of carbonyl (C=O) groups excluding carboxylic acids is 7. The summed E-state index contributed by atoms with van der Waals surface area (Å²) in [5.41, 5.74) is -4.84. The van der Waals surface area contributed by atoms with E-state index in [1.54, 1.807) is 20.8 Å². The van der Waals surface area contributed by atoms with Crippen LogP contribution in [-0.2, 0) is 95.2 Å². The summed E-state index contributed by atoms with van der Waals surface area (Å²) in [4.78, 5) is 101. The van der Waals surface area contributed by atoms with Crippen molar-refractivity contribution in [1.82, 2.24) is 31.9 Å². The normalized spacial score (nSPS) is 28.9. The minimum absolute atomic E-state index is 0.0125. The van der Waals surface area contributed by atoms with E-state index in [4.69, 9.17) is 56.8 Å². The number of hydrogen-bond acceptors (Lipinski definition) is 26. The largest absolute Gasteiger partial charge is 0.481 e. The number of aliphatic hydroxyl groups is 6. The molecule has 0 aromatic rings. The molecule has 6 saturated heterocycles. The maximum atomic E-state index is 13.4. The lowest BCUT2D eigenvalue weighted by Crippen LogP contribution is -2.60. The Bertz CT molecular complexity index is 2290. The highest BCUT2D eigenvalue weighted by molar-refractivity contribution is 5.79. The van der Waals surface area contributed by atoms with Gasteiger partial charge in [-0.1, -0.05) is 20.8 Å². The highest BCUT2D eigenvalue weighted by atomic mass is 16.8. The number of unbranched alkanes of at least 4 members (excludes halogenated alkanes) is 4. The van der Waals surface area contributed by atoms with E-state index >= 15 is 0 Å². The van der Waals surface area contributed by atoms with E-state index in [1.807, 2.05) is 0 Å². The van der Waals surface area contributed by atoms with Crippen LogP contribution in [0.5, 0.6) is 0 Å². The average Bonchev–Trinajstić information content (AvgIpc) is 1.62. The summed E-state index contributed by atoms with van der Waals surface area (Å²) in [6.07, 6.45) is -2.38. The zero-order valence-electron chi connectivity index (χ0n) is 58.5. The molecule has 15 atom stereocenters. The summed E-state index contributed by atoms with van der Waals surface area (Å²) in [6, 6.07) is 0. The number of amides is 6. The fourth-order valence-electron chi connectivity index (χ4n) is 12.4. The van der Waals surface area contributed by atoms with Gasteiger partial charge in [0.15, 0.2) is 18.9 Å². The van der Waals surface area contributed by atoms with Gasteiger partial charge in [-0.2, -0.15) is 0 Å². The van der Waals surface area contributed by atoms with Crippen LogP contribution in [0.4, 0.5) is 0 Å². The number of aliphatic hydroxyl groups excluding tert-OH is 6. The third-order valence-corrected chi connectivity index (χ3v) is 18.9. The SMILES string of the molecule is C[C@H]1[C@H]2OC[C@](COCCCCC(=O)CCCCNC(=O)CCOCC(COCCC(=O)NCCCNC(=O)CCCCOC[C@@]34CO[C@@H](O3)[C@H](C)[C@@H](O)[C@H]4O)(COCCC(=O)NCCCNC(=O)CCCCOC[C@@]34CO[C@@H](O3)[C@H](C)[C@@H](O)[C@H]4O)NC(=O)CCCC(=O)O)(O2)[C@H](O)[C@@H]1O. The molecule has 0 saturated carbocycles. The highest BCUT2D eigenvalue weighted by Gasteiger charge is 2.60. The van der Waals surface area contributed by atoms with Crippen molar-refractivity contribution in [1.29, 1.82) is 0 Å². The Morgan fingerprint density at radius 3 is 1.03 bits per heavy atom. The Balaban J connectivity index is 0.870. The van der Waals surface area contributed by atoms with Crippen LogP contribution in [0.1, 0.15) is 149 Å². The topological polar surface area (TPSA) is 461 Å². The Kier molecular flexibility index (Phi) is 36.6. The van der Waals surface area contributed by atoms with Crippen molar-refractivity contribution in [3.8, 4) is 0 Å². The molecule has 6 heterocycles. The first-order valence-electron chi connectivity index (χ1n) is 35.7. The number of aliphatic carboxylic acids is 1. The van der Waals surface area contributed by atoms with Crippen molar-refractivity contribution in [2.24, 2.45) is 17.8 Å². The molecule has 0 unspecified atom stereocenters. The van der Waals surface area contributed by atoms with E-state index in [0.717, 1.165) is 0 Å². The Morgan fingerprint density at radius 1 is 0.370 bits per heavy atom. The molecule has 0 aliphatic carbocycles. The van der Waals surface area contributed by atoms with Crippen molar-refractivity contribution in [2.75, 3.05) is 132 Å². The summed E-state index contributed by atoms with van der Waals surface area (Å²) < 4.78 is 69.5. The molecule has 100 heavy (non-hydrogen) atoms. The summed E-state index contributed by atoms with van der Waals surface area (Å²) >= 11 is 0. The standard InChI is InChI=1S/C67H114N6O27/c1-44-55(83)58(86)65(41-95-61(44)98-65)38-89-29-9-5-16-47(74)15-4-8-24-68-50(77)21-32-92-35-64(73-53(80)19-12-20-54(81)82,36-93-33-22-51(78)71-27-13-25-69-48(75)17-6-10-30-90-39-66-42-96-62(99-66)45(2)56(84)59(66)87)37-94-34-23-52(79)72-28-14-26-70-49(76)18-7-11-31-91-40-67-43-97-63(100-67)46(3)57(85)60(67)88/h44-46,55-63,83-88H,4-43H2,1-3H3,(H,68,77)(H,69,75)(H,70,76)(H,71,78)(H,72,79)(H,73,80)(H,81,82)/t44-,45-,46-,55-,56-,57-,58-,59-,60-,61+,62+,63+,65+,66+,67+/m1/s1. The smallest absolute Gasteiger partial charge is 0.303 e. The van der Waals surface area contributed by atoms with Crippen LogP contribution >= 0.6 is 0 Å². The molecule has 6 bridgehead atoms. The lowest BCUT2D eigenvalue weighted by Gasteiger charge is -2.41. The number of carboxylic acid groups (broad SMARTS) is 1. The molecule has 0 aromatic carbocycles. The van der Waals surface area contributed by atoms with E-state index in [9.17, 15) is 74.1 Å². The molecule has 6 rings (SSSR count). The molecular formula is C67H114N6O27. The van der Waals surface area contributed by atoms with Crippen LogP contribution in [0, 0.1) is 17.8 Å². The fourth-order valence-corrected chi connectivity index (χ4v) is 12.4. The first kappa shape index (κ1) is 84.2. The molecule has 6 aliphatic heterocycles. The van der Waals surface area contributed by atoms with Crippen molar-refractivity contribution in [3.05, 3.63) is 0 Å². The van der Waals surface area contributed by atoms with Gasteiger partial charge in [-0.25, -0.2) is 0 Å². The number of ketones is 1. The van der Waals surface area contributed by atoms with E-state index in [0.29, 0.717) is 117 Å². The second-order valence-electron chi connectivity index (χ2n) is 27.4. The minimum atomic E-state index is -1.46. The van der Waals surface area contributed by atoms with Gasteiger partial charge in [0.1, 0.15) is 46.4 Å². The summed E-state index contributed by atoms with van der Waals surface area (Å²) in [7, 11) is 0. The molecule has 6 fully saturated rings. The summed E-state index contributed by atoms with van der Waals surface area (Å²) in [5, 5.41) is 89.1. The fraction of sp³-hybridized carbons (Fsp3) is 0.881. The third-order valence-electron chi connectivity index (χ3n) is 18.9. The van der Waals surface area contributed by atoms with Gasteiger partial charge in [0.05, 0.1) is 97.6 Å². The van der Waals surface area contributed by atoms with Gasteiger partial charge in [0, 0.05) is 128 Å². The first-order valence-corrected chi connectivity index (χ1v) is 35.7.